The number of benzene rings is 1. The Morgan fingerprint density at radius 2 is 2.14 bits per heavy atom. The average molecular weight is 212 g/mol. The summed E-state index contributed by atoms with van der Waals surface area (Å²) in [5, 5.41) is 4.22. The van der Waals surface area contributed by atoms with Crippen molar-refractivity contribution in [1.82, 2.24) is 5.32 Å². The van der Waals surface area contributed by atoms with Crippen LogP contribution in [-0.4, -0.2) is 25.8 Å². The first-order valence-electron chi connectivity index (χ1n) is 4.90. The molecular weight excluding hydrogens is 198 g/mol. The molecule has 1 atom stereocenters. The van der Waals surface area contributed by atoms with E-state index in [4.69, 9.17) is 16.3 Å². The number of nitrogens with one attached hydrogen (secondary N) is 1. The maximum absolute atomic E-state index is 5.81. The summed E-state index contributed by atoms with van der Waals surface area (Å²) in [5.41, 5.74) is 1.30. The molecule has 0 spiro atoms. The van der Waals surface area contributed by atoms with E-state index in [0.717, 1.165) is 31.2 Å². The summed E-state index contributed by atoms with van der Waals surface area (Å²) in [5.74, 6) is 0. The van der Waals surface area contributed by atoms with E-state index >= 15 is 0 Å². The Morgan fingerprint density at radius 1 is 1.36 bits per heavy atom. The SMILES string of the molecule is Clc1ccc(C[C@H]2COCCN2)cc1. The highest BCUT2D eigenvalue weighted by atomic mass is 35.5. The van der Waals surface area contributed by atoms with Crippen molar-refractivity contribution in [3.05, 3.63) is 34.9 Å². The molecule has 0 amide bonds. The van der Waals surface area contributed by atoms with Crippen molar-refractivity contribution < 1.29 is 4.74 Å². The van der Waals surface area contributed by atoms with Crippen molar-refractivity contribution in [3.8, 4) is 0 Å². The van der Waals surface area contributed by atoms with Crippen LogP contribution in [0.1, 0.15) is 5.56 Å². The van der Waals surface area contributed by atoms with Crippen molar-refractivity contribution in [2.45, 2.75) is 12.5 Å². The topological polar surface area (TPSA) is 21.3 Å². The van der Waals surface area contributed by atoms with Crippen molar-refractivity contribution >= 4 is 11.6 Å². The normalized spacial score (nSPS) is 22.2. The molecule has 76 valence electrons. The lowest BCUT2D eigenvalue weighted by atomic mass is 10.1. The Balaban J connectivity index is 1.92. The van der Waals surface area contributed by atoms with Gasteiger partial charge in [-0.3, -0.25) is 0 Å². The lowest BCUT2D eigenvalue weighted by Gasteiger charge is -2.23. The molecule has 0 aliphatic carbocycles. The van der Waals surface area contributed by atoms with Gasteiger partial charge in [-0.05, 0) is 24.1 Å². The first-order valence-corrected chi connectivity index (χ1v) is 5.28. The Bertz CT molecular complexity index is 280. The van der Waals surface area contributed by atoms with Gasteiger partial charge in [-0.25, -0.2) is 0 Å². The van der Waals surface area contributed by atoms with E-state index in [-0.39, 0.29) is 0 Å². The molecule has 0 unspecified atom stereocenters. The van der Waals surface area contributed by atoms with Gasteiger partial charge in [0.1, 0.15) is 0 Å². The zero-order valence-corrected chi connectivity index (χ0v) is 8.76. The van der Waals surface area contributed by atoms with Gasteiger partial charge >= 0.3 is 0 Å². The highest BCUT2D eigenvalue weighted by Crippen LogP contribution is 2.11. The second kappa shape index (κ2) is 4.78. The minimum Gasteiger partial charge on any atom is -0.379 e. The summed E-state index contributed by atoms with van der Waals surface area (Å²) in [6.45, 7) is 2.60. The number of ether oxygens (including phenoxy) is 1. The summed E-state index contributed by atoms with van der Waals surface area (Å²) in [6.07, 6.45) is 1.01. The van der Waals surface area contributed by atoms with Crippen LogP contribution in [0.5, 0.6) is 0 Å². The van der Waals surface area contributed by atoms with Crippen LogP contribution in [0.25, 0.3) is 0 Å². The third kappa shape index (κ3) is 2.71. The van der Waals surface area contributed by atoms with Crippen LogP contribution in [0.15, 0.2) is 24.3 Å². The molecule has 0 radical (unpaired) electrons. The van der Waals surface area contributed by atoms with Crippen LogP contribution in [0, 0.1) is 0 Å². The Kier molecular flexibility index (Phi) is 3.40. The fraction of sp³-hybridized carbons (Fsp3) is 0.455. The van der Waals surface area contributed by atoms with Crippen molar-refractivity contribution in [2.75, 3.05) is 19.8 Å². The van der Waals surface area contributed by atoms with Crippen LogP contribution in [0.4, 0.5) is 0 Å². The molecule has 0 bridgehead atoms. The predicted molar refractivity (Wildman–Crippen MR) is 57.8 cm³/mol. The summed E-state index contributed by atoms with van der Waals surface area (Å²) in [7, 11) is 0. The standard InChI is InChI=1S/C11H14ClNO/c12-10-3-1-9(2-4-10)7-11-8-14-6-5-13-11/h1-4,11,13H,5-8H2/t11-/m0/s1. The van der Waals surface area contributed by atoms with Gasteiger partial charge in [0, 0.05) is 17.6 Å². The number of halogens is 1. The Morgan fingerprint density at radius 3 is 2.79 bits per heavy atom. The van der Waals surface area contributed by atoms with E-state index in [1.807, 2.05) is 12.1 Å². The summed E-state index contributed by atoms with van der Waals surface area (Å²) in [4.78, 5) is 0. The van der Waals surface area contributed by atoms with Gasteiger partial charge in [0.2, 0.25) is 0 Å². The van der Waals surface area contributed by atoms with E-state index in [1.54, 1.807) is 0 Å². The van der Waals surface area contributed by atoms with Gasteiger partial charge in [-0.2, -0.15) is 0 Å². The molecule has 1 heterocycles. The van der Waals surface area contributed by atoms with Gasteiger partial charge in [-0.15, -0.1) is 0 Å². The summed E-state index contributed by atoms with van der Waals surface area (Å²) < 4.78 is 5.39. The predicted octanol–water partition coefficient (Wildman–Crippen LogP) is 1.87. The summed E-state index contributed by atoms with van der Waals surface area (Å²) >= 11 is 5.81. The molecule has 0 aromatic heterocycles. The van der Waals surface area contributed by atoms with E-state index in [2.05, 4.69) is 17.4 Å². The number of hydrogen-bond acceptors (Lipinski definition) is 2. The lowest BCUT2D eigenvalue weighted by molar-refractivity contribution is 0.0770. The fourth-order valence-corrected chi connectivity index (χ4v) is 1.78. The van der Waals surface area contributed by atoms with Gasteiger partial charge in [0.25, 0.3) is 0 Å². The van der Waals surface area contributed by atoms with Crippen LogP contribution < -0.4 is 5.32 Å². The number of morpholine rings is 1. The van der Waals surface area contributed by atoms with Crippen LogP contribution >= 0.6 is 11.6 Å². The first-order chi connectivity index (χ1) is 6.84. The van der Waals surface area contributed by atoms with Gasteiger partial charge in [-0.1, -0.05) is 23.7 Å². The smallest absolute Gasteiger partial charge is 0.0623 e. The molecule has 1 aromatic carbocycles. The quantitative estimate of drug-likeness (QED) is 0.807. The third-order valence-corrected chi connectivity index (χ3v) is 2.65. The van der Waals surface area contributed by atoms with E-state index in [1.165, 1.54) is 5.56 Å². The largest absolute Gasteiger partial charge is 0.379 e. The molecule has 1 aromatic rings. The Labute approximate surface area is 89.2 Å². The molecule has 14 heavy (non-hydrogen) atoms. The van der Waals surface area contributed by atoms with Crippen LogP contribution in [0.3, 0.4) is 0 Å². The molecule has 1 aliphatic heterocycles. The third-order valence-electron chi connectivity index (χ3n) is 2.39. The fourth-order valence-electron chi connectivity index (χ4n) is 1.66. The van der Waals surface area contributed by atoms with Gasteiger partial charge in [0.05, 0.1) is 13.2 Å². The zero-order valence-electron chi connectivity index (χ0n) is 8.00. The zero-order chi connectivity index (χ0) is 9.80. The molecule has 2 rings (SSSR count). The monoisotopic (exact) mass is 211 g/mol. The molecule has 1 fully saturated rings. The molecule has 1 N–H and O–H groups in total. The van der Waals surface area contributed by atoms with Gasteiger partial charge in [0.15, 0.2) is 0 Å². The first kappa shape index (κ1) is 9.97. The van der Waals surface area contributed by atoms with E-state index < -0.39 is 0 Å². The molecule has 1 saturated heterocycles. The maximum Gasteiger partial charge on any atom is 0.0623 e. The van der Waals surface area contributed by atoms with Crippen molar-refractivity contribution in [2.24, 2.45) is 0 Å². The van der Waals surface area contributed by atoms with Crippen molar-refractivity contribution in [3.63, 3.8) is 0 Å². The maximum atomic E-state index is 5.81. The number of hydrogen-bond donors (Lipinski definition) is 1. The van der Waals surface area contributed by atoms with Gasteiger partial charge < -0.3 is 10.1 Å². The second-order valence-corrected chi connectivity index (χ2v) is 3.99. The Hall–Kier alpha value is -0.570. The van der Waals surface area contributed by atoms with E-state index in [0.29, 0.717) is 6.04 Å². The molecular formula is C11H14ClNO. The minimum atomic E-state index is 0.449. The molecule has 2 nitrogen and oxygen atoms in total. The minimum absolute atomic E-state index is 0.449. The van der Waals surface area contributed by atoms with E-state index in [9.17, 15) is 0 Å². The van der Waals surface area contributed by atoms with Crippen LogP contribution in [0.2, 0.25) is 5.02 Å². The molecule has 1 aliphatic rings. The lowest BCUT2D eigenvalue weighted by Crippen LogP contribution is -2.42. The average Bonchev–Trinajstić information content (AvgIpc) is 2.23. The highest BCUT2D eigenvalue weighted by molar-refractivity contribution is 6.30. The second-order valence-electron chi connectivity index (χ2n) is 3.56. The molecule has 3 heteroatoms. The number of rotatable bonds is 2. The highest BCUT2D eigenvalue weighted by Gasteiger charge is 2.12. The van der Waals surface area contributed by atoms with Crippen LogP contribution in [-0.2, 0) is 11.2 Å². The van der Waals surface area contributed by atoms with Crippen molar-refractivity contribution in [1.29, 1.82) is 0 Å². The molecule has 0 saturated carbocycles. The summed E-state index contributed by atoms with van der Waals surface area (Å²) in [6, 6.07) is 8.45.